The molecule has 1 N–H and O–H groups in total. The Morgan fingerprint density at radius 3 is 2.64 bits per heavy atom. The van der Waals surface area contributed by atoms with E-state index in [1.165, 1.54) is 35.0 Å². The van der Waals surface area contributed by atoms with E-state index < -0.39 is 11.4 Å². The van der Waals surface area contributed by atoms with Crippen LogP contribution in [-0.4, -0.2) is 33.5 Å². The summed E-state index contributed by atoms with van der Waals surface area (Å²) in [6, 6.07) is 16.5. The molecule has 33 heavy (non-hydrogen) atoms. The molecule has 2 aromatic heterocycles. The van der Waals surface area contributed by atoms with Crippen molar-refractivity contribution < 1.29 is 14.0 Å². The van der Waals surface area contributed by atoms with Crippen LogP contribution in [0.5, 0.6) is 0 Å². The zero-order valence-electron chi connectivity index (χ0n) is 17.7. The first-order chi connectivity index (χ1) is 15.9. The predicted molar refractivity (Wildman–Crippen MR) is 129 cm³/mol. The number of rotatable bonds is 8. The van der Waals surface area contributed by atoms with Crippen molar-refractivity contribution in [2.24, 2.45) is 0 Å². The van der Waals surface area contributed by atoms with Gasteiger partial charge in [-0.1, -0.05) is 36.0 Å². The van der Waals surface area contributed by atoms with Gasteiger partial charge >= 0.3 is 0 Å². The smallest absolute Gasteiger partial charge is 0.266 e. The van der Waals surface area contributed by atoms with Crippen LogP contribution in [0.3, 0.4) is 0 Å². The lowest BCUT2D eigenvalue weighted by molar-refractivity contribution is -0.118. The summed E-state index contributed by atoms with van der Waals surface area (Å²) in [5, 5.41) is 3.36. The van der Waals surface area contributed by atoms with Gasteiger partial charge < -0.3 is 5.32 Å². The lowest BCUT2D eigenvalue weighted by Gasteiger charge is -2.13. The number of ketones is 1. The Balaban J connectivity index is 1.60. The molecule has 0 spiro atoms. The first-order valence-corrected chi connectivity index (χ1v) is 12.0. The van der Waals surface area contributed by atoms with Gasteiger partial charge in [0.05, 0.1) is 27.2 Å². The number of benzene rings is 2. The third-order valence-electron chi connectivity index (χ3n) is 4.85. The van der Waals surface area contributed by atoms with Gasteiger partial charge in [0.1, 0.15) is 5.82 Å². The second-order valence-corrected chi connectivity index (χ2v) is 9.33. The van der Waals surface area contributed by atoms with Crippen molar-refractivity contribution in [2.75, 3.05) is 12.3 Å². The molecule has 168 valence electrons. The summed E-state index contributed by atoms with van der Waals surface area (Å²) < 4.78 is 15.8. The molecule has 1 amide bonds. The van der Waals surface area contributed by atoms with Crippen LogP contribution in [0, 0.1) is 5.82 Å². The molecule has 0 fully saturated rings. The zero-order valence-corrected chi connectivity index (χ0v) is 19.3. The topological polar surface area (TPSA) is 81.1 Å². The van der Waals surface area contributed by atoms with Crippen molar-refractivity contribution in [3.05, 3.63) is 86.6 Å². The number of nitrogens with zero attached hydrogens (tertiary/aromatic N) is 2. The minimum atomic E-state index is -0.549. The minimum absolute atomic E-state index is 0.0465. The number of Topliss-reactive ketones (excluding diaryl/α,β-unsaturated/α-hetero) is 1. The molecule has 0 bridgehead atoms. The molecule has 0 radical (unpaired) electrons. The number of para-hydroxylation sites is 2. The Labute approximate surface area is 197 Å². The first kappa shape index (κ1) is 22.9. The van der Waals surface area contributed by atoms with E-state index in [1.54, 1.807) is 42.5 Å². The number of thiophene rings is 1. The zero-order chi connectivity index (χ0) is 23.4. The van der Waals surface area contributed by atoms with E-state index in [2.05, 4.69) is 10.3 Å². The maximum Gasteiger partial charge on any atom is 0.266 e. The largest absolute Gasteiger partial charge is 0.356 e. The number of fused-ring (bicyclic) bond motifs is 1. The van der Waals surface area contributed by atoms with Crippen LogP contribution in [0.25, 0.3) is 16.6 Å². The van der Waals surface area contributed by atoms with Gasteiger partial charge in [-0.05, 0) is 42.8 Å². The van der Waals surface area contributed by atoms with Crippen molar-refractivity contribution >= 4 is 45.7 Å². The molecule has 0 saturated carbocycles. The van der Waals surface area contributed by atoms with Crippen molar-refractivity contribution in [3.8, 4) is 5.69 Å². The van der Waals surface area contributed by atoms with Crippen LogP contribution in [0.1, 0.15) is 21.5 Å². The highest BCUT2D eigenvalue weighted by atomic mass is 32.2. The second-order valence-electron chi connectivity index (χ2n) is 7.21. The fraction of sp³-hybridized carbons (Fsp3) is 0.167. The van der Waals surface area contributed by atoms with E-state index >= 15 is 0 Å². The lowest BCUT2D eigenvalue weighted by atomic mass is 10.2. The monoisotopic (exact) mass is 481 g/mol. The fourth-order valence-corrected chi connectivity index (χ4v) is 5.20. The Morgan fingerprint density at radius 2 is 1.85 bits per heavy atom. The van der Waals surface area contributed by atoms with E-state index in [9.17, 15) is 18.8 Å². The molecule has 2 heterocycles. The lowest BCUT2D eigenvalue weighted by Crippen LogP contribution is -2.23. The Bertz CT molecular complexity index is 1400. The van der Waals surface area contributed by atoms with Gasteiger partial charge in [-0.2, -0.15) is 0 Å². The van der Waals surface area contributed by atoms with Gasteiger partial charge in [0.15, 0.2) is 10.9 Å². The van der Waals surface area contributed by atoms with E-state index in [0.29, 0.717) is 28.7 Å². The third kappa shape index (κ3) is 5.20. The number of carbonyl (C=O) groups is 2. The number of carbonyl (C=O) groups excluding carboxylic acids is 2. The van der Waals surface area contributed by atoms with Crippen LogP contribution < -0.4 is 10.9 Å². The highest BCUT2D eigenvalue weighted by molar-refractivity contribution is 7.99. The molecule has 4 aromatic rings. The summed E-state index contributed by atoms with van der Waals surface area (Å²) in [5.74, 6) is -0.710. The van der Waals surface area contributed by atoms with Gasteiger partial charge in [0.2, 0.25) is 5.91 Å². The SMILES string of the molecule is CC(=O)NCCc1ccc(C(=O)CSc2nc3ccccc3c(=O)n2-c2ccccc2F)s1. The molecule has 0 atom stereocenters. The number of halogens is 1. The van der Waals surface area contributed by atoms with E-state index in [0.717, 1.165) is 16.6 Å². The average Bonchev–Trinajstić information content (AvgIpc) is 3.27. The molecule has 0 aliphatic rings. The quantitative estimate of drug-likeness (QED) is 0.231. The maximum absolute atomic E-state index is 14.6. The van der Waals surface area contributed by atoms with Gasteiger partial charge in [-0.3, -0.25) is 19.0 Å². The molecule has 0 aliphatic heterocycles. The van der Waals surface area contributed by atoms with Gasteiger partial charge in [0.25, 0.3) is 5.56 Å². The predicted octanol–water partition coefficient (Wildman–Crippen LogP) is 4.24. The van der Waals surface area contributed by atoms with E-state index in [4.69, 9.17) is 0 Å². The molecule has 0 aliphatic carbocycles. The Kier molecular flexibility index (Phi) is 7.00. The second kappa shape index (κ2) is 10.1. The normalized spacial score (nSPS) is 11.0. The molecular formula is C24H20FN3O3S2. The molecule has 0 saturated heterocycles. The Morgan fingerprint density at radius 1 is 1.09 bits per heavy atom. The van der Waals surface area contributed by atoms with Gasteiger partial charge in [0, 0.05) is 18.3 Å². The average molecular weight is 482 g/mol. The third-order valence-corrected chi connectivity index (χ3v) is 6.98. The molecule has 2 aromatic carbocycles. The van der Waals surface area contributed by atoms with Crippen molar-refractivity contribution in [1.82, 2.24) is 14.9 Å². The summed E-state index contributed by atoms with van der Waals surface area (Å²) in [6.07, 6.45) is 0.643. The number of hydrogen-bond donors (Lipinski definition) is 1. The highest BCUT2D eigenvalue weighted by Crippen LogP contribution is 2.25. The number of nitrogens with one attached hydrogen (secondary N) is 1. The highest BCUT2D eigenvalue weighted by Gasteiger charge is 2.18. The van der Waals surface area contributed by atoms with E-state index in [-0.39, 0.29) is 28.3 Å². The summed E-state index contributed by atoms with van der Waals surface area (Å²) in [7, 11) is 0. The fourth-order valence-electron chi connectivity index (χ4n) is 3.28. The van der Waals surface area contributed by atoms with E-state index in [1.807, 2.05) is 6.07 Å². The maximum atomic E-state index is 14.6. The number of thioether (sulfide) groups is 1. The number of amides is 1. The number of aromatic nitrogens is 2. The van der Waals surface area contributed by atoms with Crippen molar-refractivity contribution in [3.63, 3.8) is 0 Å². The van der Waals surface area contributed by atoms with Crippen molar-refractivity contribution in [1.29, 1.82) is 0 Å². The molecule has 6 nitrogen and oxygen atoms in total. The minimum Gasteiger partial charge on any atom is -0.356 e. The summed E-state index contributed by atoms with van der Waals surface area (Å²) in [6.45, 7) is 1.97. The Hall–Kier alpha value is -3.30. The van der Waals surface area contributed by atoms with Crippen LogP contribution in [0.2, 0.25) is 0 Å². The van der Waals surface area contributed by atoms with Crippen LogP contribution in [-0.2, 0) is 11.2 Å². The standard InChI is InChI=1S/C24H20FN3O3S2/c1-15(29)26-13-12-16-10-11-22(33-16)21(30)14-32-24-27-19-8-4-2-6-17(19)23(31)28(24)20-9-5-3-7-18(20)25/h2-11H,12-14H2,1H3,(H,26,29). The summed E-state index contributed by atoms with van der Waals surface area (Å²) in [5.41, 5.74) is 0.186. The van der Waals surface area contributed by atoms with Gasteiger partial charge in [-0.15, -0.1) is 11.3 Å². The molecule has 9 heteroatoms. The van der Waals surface area contributed by atoms with Crippen LogP contribution in [0.15, 0.2) is 70.6 Å². The summed E-state index contributed by atoms with van der Waals surface area (Å²) >= 11 is 2.47. The molecule has 0 unspecified atom stereocenters. The summed E-state index contributed by atoms with van der Waals surface area (Å²) in [4.78, 5) is 43.1. The van der Waals surface area contributed by atoms with Gasteiger partial charge in [-0.25, -0.2) is 9.37 Å². The first-order valence-electron chi connectivity index (χ1n) is 10.2. The van der Waals surface area contributed by atoms with Crippen molar-refractivity contribution in [2.45, 2.75) is 18.5 Å². The van der Waals surface area contributed by atoms with Crippen LogP contribution >= 0.6 is 23.1 Å². The molecule has 4 rings (SSSR count). The van der Waals surface area contributed by atoms with Crippen LogP contribution in [0.4, 0.5) is 4.39 Å². The number of hydrogen-bond acceptors (Lipinski definition) is 6. The molecular weight excluding hydrogens is 461 g/mol.